The normalized spacial score (nSPS) is 10.8. The molecule has 106 valence electrons. The molecule has 0 aliphatic heterocycles. The van der Waals surface area contributed by atoms with Gasteiger partial charge >= 0.3 is 0 Å². The van der Waals surface area contributed by atoms with E-state index >= 15 is 0 Å². The van der Waals surface area contributed by atoms with Crippen molar-refractivity contribution in [1.82, 2.24) is 15.0 Å². The number of rotatable bonds is 6. The lowest BCUT2D eigenvalue weighted by molar-refractivity contribution is -0.116. The molecule has 10 heteroatoms. The van der Waals surface area contributed by atoms with Gasteiger partial charge in [0.15, 0.2) is 9.50 Å². The number of hydrogen-bond donors (Lipinski definition) is 2. The van der Waals surface area contributed by atoms with E-state index < -0.39 is 11.8 Å². The van der Waals surface area contributed by atoms with Crippen LogP contribution in [0.5, 0.6) is 0 Å². The summed E-state index contributed by atoms with van der Waals surface area (Å²) < 4.78 is 0.716. The topological polar surface area (TPSA) is 125 Å². The fraction of sp³-hybridized carbons (Fsp3) is 0.300. The van der Waals surface area contributed by atoms with Gasteiger partial charge in [-0.05, 0) is 6.92 Å². The van der Waals surface area contributed by atoms with E-state index in [4.69, 9.17) is 11.5 Å². The number of thioether (sulfide) groups is 2. The van der Waals surface area contributed by atoms with Crippen molar-refractivity contribution >= 4 is 57.0 Å². The number of primary amides is 2. The zero-order valence-electron chi connectivity index (χ0n) is 10.5. The minimum absolute atomic E-state index is 0.132. The first-order valence-corrected chi connectivity index (χ1v) is 8.22. The van der Waals surface area contributed by atoms with Crippen LogP contribution in [0.2, 0.25) is 0 Å². The molecule has 0 spiro atoms. The Morgan fingerprint density at radius 2 is 1.75 bits per heavy atom. The highest BCUT2D eigenvalue weighted by molar-refractivity contribution is 8.01. The Hall–Kier alpha value is -1.39. The first kappa shape index (κ1) is 15.0. The van der Waals surface area contributed by atoms with E-state index in [0.29, 0.717) is 15.0 Å². The molecule has 2 heterocycles. The molecule has 4 N–H and O–H groups in total. The summed E-state index contributed by atoms with van der Waals surface area (Å²) in [6.45, 7) is 1.82. The number of carbonyl (C=O) groups excluding carboxylic acids is 2. The third-order valence-electron chi connectivity index (χ3n) is 2.07. The molecule has 0 aromatic carbocycles. The van der Waals surface area contributed by atoms with Gasteiger partial charge in [0.05, 0.1) is 17.2 Å². The standard InChI is InChI=1S/C10H11N5O2S3/c1-4-7-8(15-9(13-4)18-2-5(11)16)20-10(14-7)19-3-6(12)17/h2-3H2,1H3,(H2,11,16)(H2,12,17). The van der Waals surface area contributed by atoms with Crippen molar-refractivity contribution in [2.24, 2.45) is 11.5 Å². The van der Waals surface area contributed by atoms with Gasteiger partial charge in [0, 0.05) is 0 Å². The van der Waals surface area contributed by atoms with Crippen LogP contribution in [-0.2, 0) is 9.59 Å². The van der Waals surface area contributed by atoms with Gasteiger partial charge in [0.1, 0.15) is 10.3 Å². The minimum Gasteiger partial charge on any atom is -0.369 e. The number of hydrogen-bond acceptors (Lipinski definition) is 8. The molecular weight excluding hydrogens is 318 g/mol. The summed E-state index contributed by atoms with van der Waals surface area (Å²) in [5, 5.41) is 0.490. The fourth-order valence-corrected chi connectivity index (χ4v) is 3.79. The molecule has 2 aromatic rings. The zero-order chi connectivity index (χ0) is 14.7. The fourth-order valence-electron chi connectivity index (χ4n) is 1.31. The Morgan fingerprint density at radius 1 is 1.10 bits per heavy atom. The monoisotopic (exact) mass is 329 g/mol. The lowest BCUT2D eigenvalue weighted by Gasteiger charge is -1.99. The summed E-state index contributed by atoms with van der Waals surface area (Å²) in [4.78, 5) is 35.2. The molecule has 0 saturated heterocycles. The molecule has 7 nitrogen and oxygen atoms in total. The number of nitrogens with zero attached hydrogens (tertiary/aromatic N) is 3. The second-order valence-corrected chi connectivity index (χ2v) is 6.88. The van der Waals surface area contributed by atoms with E-state index in [1.165, 1.54) is 34.9 Å². The third-order valence-corrected chi connectivity index (χ3v) is 5.06. The highest BCUT2D eigenvalue weighted by Crippen LogP contribution is 2.30. The molecule has 0 bridgehead atoms. The van der Waals surface area contributed by atoms with Gasteiger partial charge in [0.25, 0.3) is 0 Å². The maximum Gasteiger partial charge on any atom is 0.227 e. The molecule has 0 aliphatic carbocycles. The summed E-state index contributed by atoms with van der Waals surface area (Å²) in [5.74, 6) is -0.504. The van der Waals surface area contributed by atoms with Gasteiger partial charge in [0.2, 0.25) is 11.8 Å². The third kappa shape index (κ3) is 3.81. The number of fused-ring (bicyclic) bond motifs is 1. The molecule has 0 atom stereocenters. The summed E-state index contributed by atoms with van der Waals surface area (Å²) in [6.07, 6.45) is 0. The second kappa shape index (κ2) is 6.37. The molecule has 0 saturated carbocycles. The zero-order valence-corrected chi connectivity index (χ0v) is 12.9. The van der Waals surface area contributed by atoms with Crippen LogP contribution >= 0.6 is 34.9 Å². The Labute approximate surface area is 126 Å². The van der Waals surface area contributed by atoms with Crippen LogP contribution in [0, 0.1) is 6.92 Å². The predicted octanol–water partition coefficient (Wildman–Crippen LogP) is 0.550. The van der Waals surface area contributed by atoms with Crippen molar-refractivity contribution < 1.29 is 9.59 Å². The van der Waals surface area contributed by atoms with Crippen LogP contribution in [0.3, 0.4) is 0 Å². The number of thiazole rings is 1. The smallest absolute Gasteiger partial charge is 0.227 e. The van der Waals surface area contributed by atoms with Crippen LogP contribution in [0.15, 0.2) is 9.50 Å². The molecule has 0 radical (unpaired) electrons. The van der Waals surface area contributed by atoms with Gasteiger partial charge in [-0.1, -0.05) is 34.9 Å². The largest absolute Gasteiger partial charge is 0.369 e. The van der Waals surface area contributed by atoms with Gasteiger partial charge in [-0.25, -0.2) is 15.0 Å². The molecule has 0 unspecified atom stereocenters. The van der Waals surface area contributed by atoms with Crippen LogP contribution in [-0.4, -0.2) is 38.3 Å². The lowest BCUT2D eigenvalue weighted by atomic mass is 10.4. The van der Waals surface area contributed by atoms with E-state index in [1.54, 1.807) is 0 Å². The molecule has 0 aliphatic rings. The first-order chi connectivity index (χ1) is 9.45. The highest BCUT2D eigenvalue weighted by atomic mass is 32.2. The minimum atomic E-state index is -0.418. The van der Waals surface area contributed by atoms with Crippen LogP contribution in [0.1, 0.15) is 5.69 Å². The Morgan fingerprint density at radius 3 is 2.40 bits per heavy atom. The molecular formula is C10H11N5O2S3. The average molecular weight is 329 g/mol. The van der Waals surface area contributed by atoms with Crippen molar-refractivity contribution in [3.05, 3.63) is 5.69 Å². The van der Waals surface area contributed by atoms with Gasteiger partial charge < -0.3 is 11.5 Å². The van der Waals surface area contributed by atoms with E-state index in [2.05, 4.69) is 15.0 Å². The van der Waals surface area contributed by atoms with Crippen LogP contribution in [0.4, 0.5) is 0 Å². The van der Waals surface area contributed by atoms with Gasteiger partial charge in [-0.3, -0.25) is 9.59 Å². The summed E-state index contributed by atoms with van der Waals surface area (Å²) in [5.41, 5.74) is 11.6. The van der Waals surface area contributed by atoms with Crippen molar-refractivity contribution in [2.75, 3.05) is 11.5 Å². The summed E-state index contributed by atoms with van der Waals surface area (Å²) >= 11 is 3.82. The number of nitrogens with two attached hydrogens (primary N) is 2. The number of aromatic nitrogens is 3. The van der Waals surface area contributed by atoms with E-state index in [-0.39, 0.29) is 11.5 Å². The Balaban J connectivity index is 2.24. The van der Waals surface area contributed by atoms with Gasteiger partial charge in [-0.15, -0.1) is 0 Å². The Kier molecular flexibility index (Phi) is 4.78. The highest BCUT2D eigenvalue weighted by Gasteiger charge is 2.12. The lowest BCUT2D eigenvalue weighted by Crippen LogP contribution is -2.13. The molecule has 2 rings (SSSR count). The Bertz CT molecular complexity index is 672. The summed E-state index contributed by atoms with van der Waals surface area (Å²) in [7, 11) is 0. The van der Waals surface area contributed by atoms with Crippen LogP contribution < -0.4 is 11.5 Å². The maximum atomic E-state index is 10.8. The molecule has 2 amide bonds. The SMILES string of the molecule is Cc1nc(SCC(N)=O)nc2sc(SCC(N)=O)nc12. The first-order valence-electron chi connectivity index (χ1n) is 5.43. The number of carbonyl (C=O) groups is 2. The van der Waals surface area contributed by atoms with E-state index in [9.17, 15) is 9.59 Å². The summed E-state index contributed by atoms with van der Waals surface area (Å²) in [6, 6.07) is 0. The predicted molar refractivity (Wildman–Crippen MR) is 79.8 cm³/mol. The molecule has 0 fully saturated rings. The second-order valence-electron chi connectivity index (χ2n) is 3.74. The molecule has 2 aromatic heterocycles. The van der Waals surface area contributed by atoms with Crippen molar-refractivity contribution in [2.45, 2.75) is 16.4 Å². The average Bonchev–Trinajstić information content (AvgIpc) is 2.77. The molecule has 20 heavy (non-hydrogen) atoms. The van der Waals surface area contributed by atoms with E-state index in [1.807, 2.05) is 6.92 Å². The van der Waals surface area contributed by atoms with E-state index in [0.717, 1.165) is 10.5 Å². The number of amides is 2. The van der Waals surface area contributed by atoms with Crippen molar-refractivity contribution in [1.29, 1.82) is 0 Å². The maximum absolute atomic E-state index is 10.8. The quantitative estimate of drug-likeness (QED) is 0.585. The number of aryl methyl sites for hydroxylation is 1. The van der Waals surface area contributed by atoms with Crippen molar-refractivity contribution in [3.8, 4) is 0 Å². The van der Waals surface area contributed by atoms with Gasteiger partial charge in [-0.2, -0.15) is 0 Å². The van der Waals surface area contributed by atoms with Crippen LogP contribution in [0.25, 0.3) is 10.3 Å². The van der Waals surface area contributed by atoms with Crippen molar-refractivity contribution in [3.63, 3.8) is 0 Å².